The first-order valence-electron chi connectivity index (χ1n) is 6.35. The van der Waals surface area contributed by atoms with Crippen LogP contribution >= 0.6 is 0 Å². The minimum atomic E-state index is -0.422. The lowest BCUT2D eigenvalue weighted by molar-refractivity contribution is -0.135. The van der Waals surface area contributed by atoms with Crippen molar-refractivity contribution in [3.63, 3.8) is 0 Å². The van der Waals surface area contributed by atoms with E-state index in [0.717, 1.165) is 31.7 Å². The van der Waals surface area contributed by atoms with Crippen LogP contribution in [0.25, 0.3) is 0 Å². The third-order valence-electron chi connectivity index (χ3n) is 3.50. The van der Waals surface area contributed by atoms with Crippen LogP contribution < -0.4 is 0 Å². The van der Waals surface area contributed by atoms with Crippen LogP contribution in [0.15, 0.2) is 30.3 Å². The summed E-state index contributed by atoms with van der Waals surface area (Å²) in [5.74, 6) is -0.383. The van der Waals surface area contributed by atoms with Crippen molar-refractivity contribution in [3.05, 3.63) is 35.9 Å². The Balaban J connectivity index is 2.06. The number of amides is 1. The predicted molar refractivity (Wildman–Crippen MR) is 70.3 cm³/mol. The largest absolute Gasteiger partial charge is 0.395 e. The fourth-order valence-corrected chi connectivity index (χ4v) is 2.26. The second-order valence-corrected chi connectivity index (χ2v) is 4.77. The number of likely N-dealkylation sites (N-methyl/N-ethyl adjacent to an activating group) is 1. The SMILES string of the molecule is CN1CCN(C(=O)[C@@H](CO)c2ccccc2)CC1. The van der Waals surface area contributed by atoms with Gasteiger partial charge >= 0.3 is 0 Å². The minimum absolute atomic E-state index is 0.0387. The number of rotatable bonds is 3. The minimum Gasteiger partial charge on any atom is -0.395 e. The molecule has 18 heavy (non-hydrogen) atoms. The van der Waals surface area contributed by atoms with Crippen LogP contribution in [0.5, 0.6) is 0 Å². The summed E-state index contributed by atoms with van der Waals surface area (Å²) < 4.78 is 0. The number of carbonyl (C=O) groups excluding carboxylic acids is 1. The molecule has 0 radical (unpaired) electrons. The van der Waals surface area contributed by atoms with E-state index >= 15 is 0 Å². The fraction of sp³-hybridized carbons (Fsp3) is 0.500. The standard InChI is InChI=1S/C14H20N2O2/c1-15-7-9-16(10-8-15)14(18)13(11-17)12-5-3-2-4-6-12/h2-6,13,17H,7-11H2,1H3/t13-/m0/s1. The topological polar surface area (TPSA) is 43.8 Å². The highest BCUT2D eigenvalue weighted by atomic mass is 16.3. The van der Waals surface area contributed by atoms with Crippen LogP contribution in [0.3, 0.4) is 0 Å². The summed E-state index contributed by atoms with van der Waals surface area (Å²) in [4.78, 5) is 16.4. The van der Waals surface area contributed by atoms with E-state index in [2.05, 4.69) is 11.9 Å². The number of nitrogens with zero attached hydrogens (tertiary/aromatic N) is 2. The Hall–Kier alpha value is -1.39. The number of benzene rings is 1. The zero-order valence-corrected chi connectivity index (χ0v) is 10.7. The molecule has 2 rings (SSSR count). The molecule has 4 heteroatoms. The third kappa shape index (κ3) is 2.89. The summed E-state index contributed by atoms with van der Waals surface area (Å²) in [6.07, 6.45) is 0. The molecule has 1 atom stereocenters. The lowest BCUT2D eigenvalue weighted by Gasteiger charge is -2.34. The Bertz CT molecular complexity index is 386. The smallest absolute Gasteiger partial charge is 0.232 e. The summed E-state index contributed by atoms with van der Waals surface area (Å²) >= 11 is 0. The van der Waals surface area contributed by atoms with Gasteiger partial charge in [-0.3, -0.25) is 4.79 Å². The number of aliphatic hydroxyl groups is 1. The van der Waals surface area contributed by atoms with E-state index in [1.54, 1.807) is 0 Å². The molecule has 1 heterocycles. The molecule has 4 nitrogen and oxygen atoms in total. The van der Waals surface area contributed by atoms with Crippen LogP contribution in [0.2, 0.25) is 0 Å². The maximum Gasteiger partial charge on any atom is 0.232 e. The molecule has 1 aromatic carbocycles. The first-order chi connectivity index (χ1) is 8.72. The first-order valence-corrected chi connectivity index (χ1v) is 6.35. The molecule has 1 saturated heterocycles. The summed E-state index contributed by atoms with van der Waals surface area (Å²) in [6.45, 7) is 3.17. The summed E-state index contributed by atoms with van der Waals surface area (Å²) in [7, 11) is 2.06. The first kappa shape index (κ1) is 13.1. The van der Waals surface area contributed by atoms with Crippen molar-refractivity contribution in [3.8, 4) is 0 Å². The molecule has 98 valence electrons. The lowest BCUT2D eigenvalue weighted by atomic mass is 9.98. The molecule has 0 bridgehead atoms. The van der Waals surface area contributed by atoms with Gasteiger partial charge in [-0.05, 0) is 12.6 Å². The van der Waals surface area contributed by atoms with Gasteiger partial charge in [0.2, 0.25) is 5.91 Å². The second-order valence-electron chi connectivity index (χ2n) is 4.77. The number of hydrogen-bond acceptors (Lipinski definition) is 3. The van der Waals surface area contributed by atoms with Gasteiger partial charge in [0.1, 0.15) is 0 Å². The van der Waals surface area contributed by atoms with Crippen molar-refractivity contribution in [2.45, 2.75) is 5.92 Å². The quantitative estimate of drug-likeness (QED) is 0.849. The predicted octanol–water partition coefficient (Wildman–Crippen LogP) is 0.536. The highest BCUT2D eigenvalue weighted by Crippen LogP contribution is 2.18. The van der Waals surface area contributed by atoms with Gasteiger partial charge in [0.25, 0.3) is 0 Å². The molecular weight excluding hydrogens is 228 g/mol. The Morgan fingerprint density at radius 1 is 1.22 bits per heavy atom. The molecule has 0 aromatic heterocycles. The number of hydrogen-bond donors (Lipinski definition) is 1. The summed E-state index contributed by atoms with van der Waals surface area (Å²) in [6, 6.07) is 9.51. The van der Waals surface area contributed by atoms with Crippen LogP contribution in [-0.2, 0) is 4.79 Å². The number of carbonyl (C=O) groups is 1. The average Bonchev–Trinajstić information content (AvgIpc) is 2.41. The second kappa shape index (κ2) is 5.98. The molecule has 0 saturated carbocycles. The Labute approximate surface area is 108 Å². The van der Waals surface area contributed by atoms with Crippen molar-refractivity contribution in [1.82, 2.24) is 9.80 Å². The highest BCUT2D eigenvalue weighted by molar-refractivity contribution is 5.84. The van der Waals surface area contributed by atoms with Crippen molar-refractivity contribution < 1.29 is 9.90 Å². The normalized spacial score (nSPS) is 18.7. The zero-order valence-electron chi connectivity index (χ0n) is 10.7. The van der Waals surface area contributed by atoms with Gasteiger partial charge in [-0.15, -0.1) is 0 Å². The van der Waals surface area contributed by atoms with Gasteiger partial charge in [-0.25, -0.2) is 0 Å². The molecule has 0 spiro atoms. The molecule has 1 aromatic rings. The molecule has 1 aliphatic rings. The van der Waals surface area contributed by atoms with Gasteiger partial charge in [-0.2, -0.15) is 0 Å². The van der Waals surface area contributed by atoms with Crippen LogP contribution in [0, 0.1) is 0 Å². The maximum absolute atomic E-state index is 12.4. The van der Waals surface area contributed by atoms with Gasteiger partial charge in [0.15, 0.2) is 0 Å². The molecule has 1 fully saturated rings. The number of piperazine rings is 1. The van der Waals surface area contributed by atoms with E-state index in [1.807, 2.05) is 35.2 Å². The average molecular weight is 248 g/mol. The molecule has 1 amide bonds. The monoisotopic (exact) mass is 248 g/mol. The van der Waals surface area contributed by atoms with Crippen molar-refractivity contribution in [2.24, 2.45) is 0 Å². The van der Waals surface area contributed by atoms with Gasteiger partial charge in [0.05, 0.1) is 12.5 Å². The van der Waals surface area contributed by atoms with Gasteiger partial charge in [0, 0.05) is 26.2 Å². The Morgan fingerprint density at radius 3 is 2.39 bits per heavy atom. The van der Waals surface area contributed by atoms with Crippen molar-refractivity contribution in [2.75, 3.05) is 39.8 Å². The van der Waals surface area contributed by atoms with Crippen LogP contribution in [-0.4, -0.2) is 60.6 Å². The highest BCUT2D eigenvalue weighted by Gasteiger charge is 2.27. The van der Waals surface area contributed by atoms with E-state index in [0.29, 0.717) is 0 Å². The molecule has 0 unspecified atom stereocenters. The Kier molecular flexibility index (Phi) is 4.33. The van der Waals surface area contributed by atoms with Crippen molar-refractivity contribution in [1.29, 1.82) is 0 Å². The van der Waals surface area contributed by atoms with E-state index in [4.69, 9.17) is 0 Å². The Morgan fingerprint density at radius 2 is 1.83 bits per heavy atom. The maximum atomic E-state index is 12.4. The molecule has 0 aliphatic carbocycles. The zero-order chi connectivity index (χ0) is 13.0. The van der Waals surface area contributed by atoms with Gasteiger partial charge in [-0.1, -0.05) is 30.3 Å². The van der Waals surface area contributed by atoms with E-state index in [9.17, 15) is 9.90 Å². The van der Waals surface area contributed by atoms with Crippen LogP contribution in [0.4, 0.5) is 0 Å². The van der Waals surface area contributed by atoms with E-state index in [1.165, 1.54) is 0 Å². The molecular formula is C14H20N2O2. The van der Waals surface area contributed by atoms with E-state index in [-0.39, 0.29) is 12.5 Å². The fourth-order valence-electron chi connectivity index (χ4n) is 2.26. The van der Waals surface area contributed by atoms with Gasteiger partial charge < -0.3 is 14.9 Å². The third-order valence-corrected chi connectivity index (χ3v) is 3.50. The summed E-state index contributed by atoms with van der Waals surface area (Å²) in [5.41, 5.74) is 0.893. The summed E-state index contributed by atoms with van der Waals surface area (Å²) in [5, 5.41) is 9.47. The molecule has 1 aliphatic heterocycles. The lowest BCUT2D eigenvalue weighted by Crippen LogP contribution is -2.49. The van der Waals surface area contributed by atoms with Crippen LogP contribution in [0.1, 0.15) is 11.5 Å². The molecule has 1 N–H and O–H groups in total. The van der Waals surface area contributed by atoms with Crippen molar-refractivity contribution >= 4 is 5.91 Å². The number of aliphatic hydroxyl groups excluding tert-OH is 1. The van der Waals surface area contributed by atoms with E-state index < -0.39 is 5.92 Å².